The van der Waals surface area contributed by atoms with Crippen LogP contribution in [-0.4, -0.2) is 24.7 Å². The van der Waals surface area contributed by atoms with Crippen LogP contribution in [0.25, 0.3) is 10.2 Å². The molecule has 0 spiro atoms. The highest BCUT2D eigenvalue weighted by atomic mass is 32.1. The molecule has 0 aliphatic rings. The first-order valence-corrected chi connectivity index (χ1v) is 6.45. The van der Waals surface area contributed by atoms with Gasteiger partial charge in [-0.25, -0.2) is 4.98 Å². The van der Waals surface area contributed by atoms with Gasteiger partial charge in [-0.15, -0.1) is 11.3 Å². The molecule has 0 aliphatic carbocycles. The van der Waals surface area contributed by atoms with Gasteiger partial charge >= 0.3 is 0 Å². The number of nitrogens with zero attached hydrogens (tertiary/aromatic N) is 1. The van der Waals surface area contributed by atoms with Crippen LogP contribution in [0.5, 0.6) is 5.75 Å². The van der Waals surface area contributed by atoms with E-state index in [4.69, 9.17) is 15.2 Å². The van der Waals surface area contributed by atoms with Crippen molar-refractivity contribution >= 4 is 21.6 Å². The molecule has 0 unspecified atom stereocenters. The lowest BCUT2D eigenvalue weighted by Gasteiger charge is -2.00. The van der Waals surface area contributed by atoms with Gasteiger partial charge < -0.3 is 15.2 Å². The van der Waals surface area contributed by atoms with Crippen molar-refractivity contribution in [1.82, 2.24) is 4.98 Å². The summed E-state index contributed by atoms with van der Waals surface area (Å²) in [5.74, 6) is 0.887. The molecule has 0 radical (unpaired) electrons. The SMILES string of the molecule is CCOc1ccc2nc(COCCN)sc2c1. The number of hydrogen-bond donors (Lipinski definition) is 1. The zero-order valence-corrected chi connectivity index (χ0v) is 10.6. The van der Waals surface area contributed by atoms with Crippen LogP contribution in [0.3, 0.4) is 0 Å². The Bertz CT molecular complexity index is 484. The van der Waals surface area contributed by atoms with Crippen molar-refractivity contribution in [1.29, 1.82) is 0 Å². The third-order valence-corrected chi connectivity index (χ3v) is 3.19. The summed E-state index contributed by atoms with van der Waals surface area (Å²) in [6, 6.07) is 5.93. The molecular weight excluding hydrogens is 236 g/mol. The van der Waals surface area contributed by atoms with Crippen molar-refractivity contribution in [3.05, 3.63) is 23.2 Å². The second-order valence-corrected chi connectivity index (χ2v) is 4.63. The summed E-state index contributed by atoms with van der Waals surface area (Å²) in [5.41, 5.74) is 6.35. The monoisotopic (exact) mass is 252 g/mol. The van der Waals surface area contributed by atoms with Gasteiger partial charge in [-0.05, 0) is 25.1 Å². The first kappa shape index (κ1) is 12.3. The molecule has 2 rings (SSSR count). The summed E-state index contributed by atoms with van der Waals surface area (Å²) in [5, 5.41) is 0.974. The van der Waals surface area contributed by atoms with Crippen molar-refractivity contribution < 1.29 is 9.47 Å². The molecule has 92 valence electrons. The van der Waals surface area contributed by atoms with Crippen LogP contribution in [0.15, 0.2) is 18.2 Å². The molecule has 0 atom stereocenters. The first-order chi connectivity index (χ1) is 8.33. The van der Waals surface area contributed by atoms with Gasteiger partial charge in [0.2, 0.25) is 0 Å². The fourth-order valence-electron chi connectivity index (χ4n) is 1.51. The Morgan fingerprint density at radius 3 is 3.06 bits per heavy atom. The summed E-state index contributed by atoms with van der Waals surface area (Å²) < 4.78 is 11.9. The zero-order valence-electron chi connectivity index (χ0n) is 9.81. The minimum absolute atomic E-state index is 0.528. The van der Waals surface area contributed by atoms with Crippen molar-refractivity contribution in [2.45, 2.75) is 13.5 Å². The molecule has 0 saturated carbocycles. The normalized spacial score (nSPS) is 10.9. The Labute approximate surface area is 104 Å². The van der Waals surface area contributed by atoms with Gasteiger partial charge in [-0.1, -0.05) is 0 Å². The lowest BCUT2D eigenvalue weighted by molar-refractivity contribution is 0.128. The fourth-order valence-corrected chi connectivity index (χ4v) is 2.45. The highest BCUT2D eigenvalue weighted by Gasteiger charge is 2.05. The number of thiazole rings is 1. The molecule has 2 aromatic rings. The van der Waals surface area contributed by atoms with Gasteiger partial charge in [-0.3, -0.25) is 0 Å². The fraction of sp³-hybridized carbons (Fsp3) is 0.417. The number of fused-ring (bicyclic) bond motifs is 1. The number of rotatable bonds is 6. The largest absolute Gasteiger partial charge is 0.494 e. The highest BCUT2D eigenvalue weighted by Crippen LogP contribution is 2.26. The van der Waals surface area contributed by atoms with Crippen molar-refractivity contribution in [2.75, 3.05) is 19.8 Å². The van der Waals surface area contributed by atoms with Gasteiger partial charge in [-0.2, -0.15) is 0 Å². The van der Waals surface area contributed by atoms with Crippen molar-refractivity contribution in [2.24, 2.45) is 5.73 Å². The number of benzene rings is 1. The molecule has 17 heavy (non-hydrogen) atoms. The van der Waals surface area contributed by atoms with Crippen LogP contribution in [-0.2, 0) is 11.3 Å². The lowest BCUT2D eigenvalue weighted by Crippen LogP contribution is -2.07. The average molecular weight is 252 g/mol. The molecule has 4 nitrogen and oxygen atoms in total. The molecule has 1 aromatic carbocycles. The molecule has 0 amide bonds. The van der Waals surface area contributed by atoms with E-state index in [1.807, 2.05) is 25.1 Å². The minimum Gasteiger partial charge on any atom is -0.494 e. The maximum atomic E-state index is 5.45. The van der Waals surface area contributed by atoms with E-state index < -0.39 is 0 Å². The Kier molecular flexibility index (Phi) is 4.30. The standard InChI is InChI=1S/C12H16N2O2S/c1-2-16-9-3-4-10-11(7-9)17-12(14-10)8-15-6-5-13/h3-4,7H,2,5-6,8,13H2,1H3. The number of aromatic nitrogens is 1. The molecule has 0 aliphatic heterocycles. The van der Waals surface area contributed by atoms with E-state index in [1.54, 1.807) is 11.3 Å². The van der Waals surface area contributed by atoms with E-state index in [-0.39, 0.29) is 0 Å². The van der Waals surface area contributed by atoms with Gasteiger partial charge in [0.05, 0.1) is 30.0 Å². The van der Waals surface area contributed by atoms with Crippen LogP contribution < -0.4 is 10.5 Å². The van der Waals surface area contributed by atoms with Crippen LogP contribution in [0.4, 0.5) is 0 Å². The third-order valence-electron chi connectivity index (χ3n) is 2.20. The summed E-state index contributed by atoms with van der Waals surface area (Å²) in [6.45, 7) is 4.29. The number of hydrogen-bond acceptors (Lipinski definition) is 5. The van der Waals surface area contributed by atoms with Crippen molar-refractivity contribution in [3.8, 4) is 5.75 Å². The molecule has 0 fully saturated rings. The summed E-state index contributed by atoms with van der Waals surface area (Å²) in [6.07, 6.45) is 0. The Morgan fingerprint density at radius 1 is 1.41 bits per heavy atom. The molecular formula is C12H16N2O2S. The predicted octanol–water partition coefficient (Wildman–Crippen LogP) is 2.17. The van der Waals surface area contributed by atoms with E-state index in [9.17, 15) is 0 Å². The maximum Gasteiger partial charge on any atom is 0.120 e. The topological polar surface area (TPSA) is 57.4 Å². The average Bonchev–Trinajstić information content (AvgIpc) is 2.72. The van der Waals surface area contributed by atoms with Gasteiger partial charge in [0.1, 0.15) is 10.8 Å². The van der Waals surface area contributed by atoms with E-state index in [0.717, 1.165) is 21.0 Å². The van der Waals surface area contributed by atoms with E-state index in [2.05, 4.69) is 4.98 Å². The Hall–Kier alpha value is -1.17. The van der Waals surface area contributed by atoms with Crippen molar-refractivity contribution in [3.63, 3.8) is 0 Å². The first-order valence-electron chi connectivity index (χ1n) is 5.63. The highest BCUT2D eigenvalue weighted by molar-refractivity contribution is 7.18. The quantitative estimate of drug-likeness (QED) is 0.800. The predicted molar refractivity (Wildman–Crippen MR) is 69.5 cm³/mol. The second-order valence-electron chi connectivity index (χ2n) is 3.51. The molecule has 2 N–H and O–H groups in total. The molecule has 0 bridgehead atoms. The summed E-state index contributed by atoms with van der Waals surface area (Å²) >= 11 is 1.63. The molecule has 1 heterocycles. The second kappa shape index (κ2) is 5.95. The van der Waals surface area contributed by atoms with Gasteiger partial charge in [0, 0.05) is 6.54 Å². The summed E-state index contributed by atoms with van der Waals surface area (Å²) in [4.78, 5) is 4.48. The number of ether oxygens (including phenoxy) is 2. The number of nitrogens with two attached hydrogens (primary N) is 1. The maximum absolute atomic E-state index is 5.45. The van der Waals surface area contributed by atoms with Crippen LogP contribution in [0, 0.1) is 0 Å². The third kappa shape index (κ3) is 3.15. The molecule has 5 heteroatoms. The zero-order chi connectivity index (χ0) is 12.1. The van der Waals surface area contributed by atoms with Crippen LogP contribution in [0.2, 0.25) is 0 Å². The molecule has 1 aromatic heterocycles. The Morgan fingerprint density at radius 2 is 2.29 bits per heavy atom. The smallest absolute Gasteiger partial charge is 0.120 e. The minimum atomic E-state index is 0.528. The lowest BCUT2D eigenvalue weighted by atomic mass is 10.3. The van der Waals surface area contributed by atoms with E-state index in [1.165, 1.54) is 0 Å². The van der Waals surface area contributed by atoms with E-state index in [0.29, 0.717) is 26.4 Å². The van der Waals surface area contributed by atoms with Crippen LogP contribution in [0.1, 0.15) is 11.9 Å². The van der Waals surface area contributed by atoms with Crippen LogP contribution >= 0.6 is 11.3 Å². The van der Waals surface area contributed by atoms with Gasteiger partial charge in [0.25, 0.3) is 0 Å². The summed E-state index contributed by atoms with van der Waals surface area (Å²) in [7, 11) is 0. The Balaban J connectivity index is 2.12. The van der Waals surface area contributed by atoms with E-state index >= 15 is 0 Å². The van der Waals surface area contributed by atoms with Gasteiger partial charge in [0.15, 0.2) is 0 Å². The molecule has 0 saturated heterocycles.